The lowest BCUT2D eigenvalue weighted by atomic mass is 9.89. The van der Waals surface area contributed by atoms with Crippen molar-refractivity contribution in [3.8, 4) is 0 Å². The molecule has 1 saturated carbocycles. The number of nitrogens with one attached hydrogen (secondary N) is 1. The quantitative estimate of drug-likeness (QED) is 0.825. The summed E-state index contributed by atoms with van der Waals surface area (Å²) in [6.45, 7) is 0. The number of halogens is 1. The fourth-order valence-electron chi connectivity index (χ4n) is 3.09. The van der Waals surface area contributed by atoms with E-state index >= 15 is 0 Å². The molecule has 0 amide bonds. The van der Waals surface area contributed by atoms with Crippen LogP contribution in [0, 0.1) is 5.92 Å². The third kappa shape index (κ3) is 2.47. The molecule has 0 aliphatic heterocycles. The number of fused-ring (bicyclic) bond motifs is 1. The summed E-state index contributed by atoms with van der Waals surface area (Å²) in [7, 11) is 0. The molecule has 1 aliphatic rings. The molecule has 1 aliphatic carbocycles. The van der Waals surface area contributed by atoms with Gasteiger partial charge in [0, 0.05) is 6.20 Å². The maximum Gasteiger partial charge on any atom is 0.142 e. The highest BCUT2D eigenvalue weighted by Gasteiger charge is 2.24. The highest BCUT2D eigenvalue weighted by atomic mass is 35.5. The Hall–Kier alpha value is -1.13. The van der Waals surface area contributed by atoms with Crippen LogP contribution < -0.4 is 5.73 Å². The summed E-state index contributed by atoms with van der Waals surface area (Å²) in [6.07, 6.45) is 10.9. The first-order valence-electron chi connectivity index (χ1n) is 7.00. The molecule has 0 bridgehead atoms. The van der Waals surface area contributed by atoms with Gasteiger partial charge in [0.15, 0.2) is 0 Å². The minimum Gasteiger partial charge on any atom is -0.344 e. The van der Waals surface area contributed by atoms with Crippen LogP contribution in [0.3, 0.4) is 0 Å². The van der Waals surface area contributed by atoms with Gasteiger partial charge in [-0.15, -0.1) is 0 Å². The number of nitrogens with zero attached hydrogens (tertiary/aromatic N) is 2. The van der Waals surface area contributed by atoms with Crippen molar-refractivity contribution in [3.63, 3.8) is 0 Å². The molecule has 0 aromatic carbocycles. The molecule has 2 heterocycles. The van der Waals surface area contributed by atoms with E-state index in [0.29, 0.717) is 10.9 Å². The van der Waals surface area contributed by atoms with Crippen molar-refractivity contribution in [2.45, 2.75) is 44.6 Å². The van der Waals surface area contributed by atoms with Crippen LogP contribution in [-0.4, -0.2) is 15.0 Å². The van der Waals surface area contributed by atoms with E-state index in [0.717, 1.165) is 16.7 Å². The Labute approximate surface area is 117 Å². The van der Waals surface area contributed by atoms with E-state index in [9.17, 15) is 0 Å². The molecule has 0 radical (unpaired) electrons. The van der Waals surface area contributed by atoms with E-state index in [4.69, 9.17) is 17.3 Å². The molecule has 1 unspecified atom stereocenters. The van der Waals surface area contributed by atoms with Crippen LogP contribution in [0.1, 0.15) is 50.3 Å². The van der Waals surface area contributed by atoms with Gasteiger partial charge in [-0.25, -0.2) is 9.97 Å². The van der Waals surface area contributed by atoms with E-state index in [-0.39, 0.29) is 6.04 Å². The molecule has 2 aromatic rings. The lowest BCUT2D eigenvalue weighted by Crippen LogP contribution is -2.22. The Morgan fingerprint density at radius 2 is 1.95 bits per heavy atom. The van der Waals surface area contributed by atoms with Crippen LogP contribution in [0.25, 0.3) is 11.0 Å². The van der Waals surface area contributed by atoms with Gasteiger partial charge in [-0.2, -0.15) is 0 Å². The molecule has 102 valence electrons. The average Bonchev–Trinajstić information content (AvgIpc) is 2.67. The SMILES string of the molecule is NC(c1ncnc2[nH]cc(Cl)c12)C1CCCCCC1. The lowest BCUT2D eigenvalue weighted by Gasteiger charge is -2.22. The van der Waals surface area contributed by atoms with Crippen LogP contribution >= 0.6 is 11.6 Å². The van der Waals surface area contributed by atoms with E-state index in [1.807, 2.05) is 0 Å². The standard InChI is InChI=1S/C14H19ClN4/c15-10-7-17-14-11(10)13(18-8-19-14)12(16)9-5-3-1-2-4-6-9/h7-9,12H,1-6,16H2,(H,17,18,19). The van der Waals surface area contributed by atoms with Crippen LogP contribution in [0.2, 0.25) is 5.02 Å². The van der Waals surface area contributed by atoms with Gasteiger partial charge in [-0.3, -0.25) is 0 Å². The van der Waals surface area contributed by atoms with Gasteiger partial charge in [0.25, 0.3) is 0 Å². The van der Waals surface area contributed by atoms with Crippen molar-refractivity contribution in [1.82, 2.24) is 15.0 Å². The molecule has 3 rings (SSSR count). The molecule has 1 atom stereocenters. The van der Waals surface area contributed by atoms with E-state index in [1.54, 1.807) is 12.5 Å². The van der Waals surface area contributed by atoms with Crippen molar-refractivity contribution in [2.75, 3.05) is 0 Å². The van der Waals surface area contributed by atoms with Gasteiger partial charge < -0.3 is 10.7 Å². The largest absolute Gasteiger partial charge is 0.344 e. The second kappa shape index (κ2) is 5.47. The molecule has 5 heteroatoms. The number of rotatable bonds is 2. The topological polar surface area (TPSA) is 67.6 Å². The minimum absolute atomic E-state index is 0.0445. The highest BCUT2D eigenvalue weighted by Crippen LogP contribution is 2.35. The average molecular weight is 279 g/mol. The van der Waals surface area contributed by atoms with Crippen molar-refractivity contribution in [1.29, 1.82) is 0 Å². The fraction of sp³-hybridized carbons (Fsp3) is 0.571. The summed E-state index contributed by atoms with van der Waals surface area (Å²) in [5.41, 5.74) is 8.14. The molecule has 2 aromatic heterocycles. The van der Waals surface area contributed by atoms with Gasteiger partial charge in [0.05, 0.1) is 22.1 Å². The van der Waals surface area contributed by atoms with Crippen molar-refractivity contribution >= 4 is 22.6 Å². The Balaban J connectivity index is 1.96. The number of hydrogen-bond donors (Lipinski definition) is 2. The lowest BCUT2D eigenvalue weighted by molar-refractivity contribution is 0.378. The molecule has 0 spiro atoms. The van der Waals surface area contributed by atoms with E-state index in [1.165, 1.54) is 38.5 Å². The number of H-pyrrole nitrogens is 1. The summed E-state index contributed by atoms with van der Waals surface area (Å²) >= 11 is 6.23. The zero-order chi connectivity index (χ0) is 13.2. The Kier molecular flexibility index (Phi) is 3.71. The molecular formula is C14H19ClN4. The summed E-state index contributed by atoms with van der Waals surface area (Å²) in [5, 5.41) is 1.55. The van der Waals surface area contributed by atoms with Crippen molar-refractivity contribution in [3.05, 3.63) is 23.2 Å². The van der Waals surface area contributed by atoms with Crippen LogP contribution in [0.4, 0.5) is 0 Å². The summed E-state index contributed by atoms with van der Waals surface area (Å²) in [6, 6.07) is -0.0445. The van der Waals surface area contributed by atoms with Gasteiger partial charge in [0.2, 0.25) is 0 Å². The highest BCUT2D eigenvalue weighted by molar-refractivity contribution is 6.35. The molecule has 4 nitrogen and oxygen atoms in total. The predicted octanol–water partition coefficient (Wildman–Crippen LogP) is 3.58. The second-order valence-electron chi connectivity index (χ2n) is 5.40. The van der Waals surface area contributed by atoms with Gasteiger partial charge in [0.1, 0.15) is 12.0 Å². The Bertz CT molecular complexity index is 558. The third-order valence-corrected chi connectivity index (χ3v) is 4.47. The number of hydrogen-bond acceptors (Lipinski definition) is 3. The molecule has 0 saturated heterocycles. The first-order valence-corrected chi connectivity index (χ1v) is 7.38. The molecule has 19 heavy (non-hydrogen) atoms. The van der Waals surface area contributed by atoms with Gasteiger partial charge in [-0.1, -0.05) is 37.3 Å². The van der Waals surface area contributed by atoms with Crippen molar-refractivity contribution < 1.29 is 0 Å². The van der Waals surface area contributed by atoms with Crippen LogP contribution in [-0.2, 0) is 0 Å². The minimum atomic E-state index is -0.0445. The zero-order valence-corrected chi connectivity index (χ0v) is 11.7. The molecular weight excluding hydrogens is 260 g/mol. The Morgan fingerprint density at radius 3 is 2.68 bits per heavy atom. The first-order chi connectivity index (χ1) is 9.27. The maximum atomic E-state index is 6.47. The van der Waals surface area contributed by atoms with Crippen LogP contribution in [0.5, 0.6) is 0 Å². The van der Waals surface area contributed by atoms with Crippen LogP contribution in [0.15, 0.2) is 12.5 Å². The normalized spacial score (nSPS) is 19.5. The predicted molar refractivity (Wildman–Crippen MR) is 77.0 cm³/mol. The molecule has 1 fully saturated rings. The number of aromatic amines is 1. The summed E-state index contributed by atoms with van der Waals surface area (Å²) in [5.74, 6) is 0.506. The van der Waals surface area contributed by atoms with E-state index in [2.05, 4.69) is 15.0 Å². The summed E-state index contributed by atoms with van der Waals surface area (Å²) < 4.78 is 0. The smallest absolute Gasteiger partial charge is 0.142 e. The maximum absolute atomic E-state index is 6.47. The Morgan fingerprint density at radius 1 is 1.21 bits per heavy atom. The fourth-order valence-corrected chi connectivity index (χ4v) is 3.33. The third-order valence-electron chi connectivity index (χ3n) is 4.17. The van der Waals surface area contributed by atoms with Gasteiger partial charge in [-0.05, 0) is 18.8 Å². The first kappa shape index (κ1) is 12.9. The van der Waals surface area contributed by atoms with Gasteiger partial charge >= 0.3 is 0 Å². The number of nitrogens with two attached hydrogens (primary N) is 1. The monoisotopic (exact) mass is 278 g/mol. The zero-order valence-electron chi connectivity index (χ0n) is 10.9. The molecule has 3 N–H and O–H groups in total. The second-order valence-corrected chi connectivity index (χ2v) is 5.80. The summed E-state index contributed by atoms with van der Waals surface area (Å²) in [4.78, 5) is 11.7. The number of aromatic nitrogens is 3. The van der Waals surface area contributed by atoms with Crippen molar-refractivity contribution in [2.24, 2.45) is 11.7 Å². The van der Waals surface area contributed by atoms with E-state index < -0.39 is 0 Å².